The van der Waals surface area contributed by atoms with Crippen LogP contribution >= 0.6 is 0 Å². The van der Waals surface area contributed by atoms with Gasteiger partial charge in [0.1, 0.15) is 17.3 Å². The van der Waals surface area contributed by atoms with Crippen molar-refractivity contribution in [1.82, 2.24) is 20.1 Å². The quantitative estimate of drug-likeness (QED) is 0.381. The lowest BCUT2D eigenvalue weighted by molar-refractivity contribution is -0.109. The molecule has 1 aliphatic carbocycles. The van der Waals surface area contributed by atoms with E-state index in [1.807, 2.05) is 26.2 Å². The number of hydrogen-bond donors (Lipinski definition) is 3. The number of carbonyl (C=O) groups is 1. The molecule has 1 saturated carbocycles. The predicted octanol–water partition coefficient (Wildman–Crippen LogP) is 0.998. The van der Waals surface area contributed by atoms with Gasteiger partial charge in [0.25, 0.3) is 0 Å². The van der Waals surface area contributed by atoms with Gasteiger partial charge in [-0.25, -0.2) is 4.98 Å². The van der Waals surface area contributed by atoms with Crippen molar-refractivity contribution < 1.29 is 9.53 Å². The van der Waals surface area contributed by atoms with Crippen molar-refractivity contribution >= 4 is 18.0 Å². The van der Waals surface area contributed by atoms with Gasteiger partial charge in [0.2, 0.25) is 6.41 Å². The molecule has 1 fully saturated rings. The molecule has 2 aromatic heterocycles. The Hall–Kier alpha value is -3.05. The summed E-state index contributed by atoms with van der Waals surface area (Å²) in [5.41, 5.74) is 7.16. The molecule has 1 aliphatic rings. The van der Waals surface area contributed by atoms with Gasteiger partial charge in [-0.2, -0.15) is 5.10 Å². The van der Waals surface area contributed by atoms with E-state index in [0.717, 1.165) is 29.6 Å². The van der Waals surface area contributed by atoms with Gasteiger partial charge in [-0.3, -0.25) is 9.48 Å². The van der Waals surface area contributed by atoms with Crippen LogP contribution in [0.4, 0.5) is 11.6 Å². The fourth-order valence-electron chi connectivity index (χ4n) is 2.05. The zero-order valence-electron chi connectivity index (χ0n) is 15.7. The highest BCUT2D eigenvalue weighted by molar-refractivity contribution is 5.46. The van der Waals surface area contributed by atoms with Crippen LogP contribution in [0.25, 0.3) is 0 Å². The molecule has 144 valence electrons. The minimum absolute atomic E-state index is 0.494. The molecule has 0 spiro atoms. The molecule has 3 rings (SSSR count). The van der Waals surface area contributed by atoms with Crippen molar-refractivity contribution in [3.05, 3.63) is 35.7 Å². The van der Waals surface area contributed by atoms with Gasteiger partial charge in [-0.1, -0.05) is 5.92 Å². The number of pyridine rings is 1. The maximum absolute atomic E-state index is 9.75. The number of rotatable bonds is 7. The second-order valence-corrected chi connectivity index (χ2v) is 6.10. The van der Waals surface area contributed by atoms with Crippen molar-refractivity contribution in [2.75, 3.05) is 37.9 Å². The molecule has 8 heteroatoms. The van der Waals surface area contributed by atoms with E-state index in [1.54, 1.807) is 16.9 Å². The molecule has 0 bridgehead atoms. The van der Waals surface area contributed by atoms with Crippen LogP contribution in [0, 0.1) is 17.8 Å². The fraction of sp³-hybridized carbons (Fsp3) is 0.421. The summed E-state index contributed by atoms with van der Waals surface area (Å²) in [5.74, 6) is 8.15. The predicted molar refractivity (Wildman–Crippen MR) is 105 cm³/mol. The number of nitrogens with one attached hydrogen (secondary N) is 2. The van der Waals surface area contributed by atoms with Crippen molar-refractivity contribution in [2.24, 2.45) is 13.0 Å². The number of aromatic nitrogens is 3. The Kier molecular flexibility index (Phi) is 8.13. The number of amides is 1. The first kappa shape index (κ1) is 20.3. The molecule has 0 aromatic carbocycles. The molecule has 0 atom stereocenters. The number of nitrogens with zero attached hydrogens (tertiary/aromatic N) is 3. The lowest BCUT2D eigenvalue weighted by Crippen LogP contribution is -2.17. The molecule has 0 unspecified atom stereocenters. The van der Waals surface area contributed by atoms with Gasteiger partial charge in [0, 0.05) is 45.1 Å². The monoisotopic (exact) mass is 370 g/mol. The van der Waals surface area contributed by atoms with E-state index < -0.39 is 0 Å². The van der Waals surface area contributed by atoms with Crippen LogP contribution in [0.3, 0.4) is 0 Å². The van der Waals surface area contributed by atoms with Gasteiger partial charge in [-0.15, -0.1) is 0 Å². The van der Waals surface area contributed by atoms with E-state index in [4.69, 9.17) is 10.5 Å². The first-order valence-corrected chi connectivity index (χ1v) is 8.82. The van der Waals surface area contributed by atoms with Crippen LogP contribution < -0.4 is 16.4 Å². The molecule has 0 aliphatic heterocycles. The smallest absolute Gasteiger partial charge is 0.207 e. The Morgan fingerprint density at radius 2 is 2.22 bits per heavy atom. The Labute approximate surface area is 159 Å². The van der Waals surface area contributed by atoms with E-state index in [0.29, 0.717) is 25.4 Å². The van der Waals surface area contributed by atoms with Crippen LogP contribution in [-0.2, 0) is 16.6 Å². The van der Waals surface area contributed by atoms with Gasteiger partial charge in [0.05, 0.1) is 6.61 Å². The third kappa shape index (κ3) is 7.79. The van der Waals surface area contributed by atoms with Crippen LogP contribution in [0.15, 0.2) is 24.4 Å². The first-order valence-electron chi connectivity index (χ1n) is 8.82. The molecular formula is C19H26N6O2. The number of nitrogen functional groups attached to an aromatic ring is 1. The molecule has 8 nitrogen and oxygen atoms in total. The number of aryl methyl sites for hydroxylation is 1. The molecular weight excluding hydrogens is 344 g/mol. The summed E-state index contributed by atoms with van der Waals surface area (Å²) in [6.45, 7) is 2.16. The lowest BCUT2D eigenvalue weighted by atomic mass is 10.2. The van der Waals surface area contributed by atoms with Gasteiger partial charge >= 0.3 is 0 Å². The minimum Gasteiger partial charge on any atom is -0.384 e. The SMILES string of the molecule is CNc1cc(C#Cc2ccc(N)nc2)n(C)n1.O=CNCCOCC1CC1. The highest BCUT2D eigenvalue weighted by atomic mass is 16.5. The summed E-state index contributed by atoms with van der Waals surface area (Å²) in [7, 11) is 3.68. The average molecular weight is 370 g/mol. The van der Waals surface area contributed by atoms with E-state index >= 15 is 0 Å². The summed E-state index contributed by atoms with van der Waals surface area (Å²) in [4.78, 5) is 13.7. The summed E-state index contributed by atoms with van der Waals surface area (Å²) in [6, 6.07) is 5.45. The molecule has 2 aromatic rings. The molecule has 27 heavy (non-hydrogen) atoms. The summed E-state index contributed by atoms with van der Waals surface area (Å²) in [5, 5.41) is 9.73. The van der Waals surface area contributed by atoms with E-state index in [1.165, 1.54) is 12.8 Å². The van der Waals surface area contributed by atoms with Crippen LogP contribution in [0.5, 0.6) is 0 Å². The van der Waals surface area contributed by atoms with Crippen LogP contribution in [-0.4, -0.2) is 48.0 Å². The second-order valence-electron chi connectivity index (χ2n) is 6.10. The molecule has 1 amide bonds. The molecule has 0 saturated heterocycles. The van der Waals surface area contributed by atoms with Gasteiger partial charge in [0.15, 0.2) is 0 Å². The normalized spacial score (nSPS) is 12.2. The summed E-state index contributed by atoms with van der Waals surface area (Å²) < 4.78 is 6.96. The zero-order chi connectivity index (χ0) is 19.5. The number of nitrogens with two attached hydrogens (primary N) is 1. The van der Waals surface area contributed by atoms with E-state index in [-0.39, 0.29) is 0 Å². The zero-order valence-corrected chi connectivity index (χ0v) is 15.7. The van der Waals surface area contributed by atoms with Crippen molar-refractivity contribution in [1.29, 1.82) is 0 Å². The second kappa shape index (κ2) is 10.8. The lowest BCUT2D eigenvalue weighted by Gasteiger charge is -2.00. The third-order valence-electron chi connectivity index (χ3n) is 3.78. The topological polar surface area (TPSA) is 107 Å². The number of anilines is 2. The highest BCUT2D eigenvalue weighted by Crippen LogP contribution is 2.28. The van der Waals surface area contributed by atoms with Crippen LogP contribution in [0.1, 0.15) is 24.1 Å². The Morgan fingerprint density at radius 3 is 2.81 bits per heavy atom. The highest BCUT2D eigenvalue weighted by Gasteiger charge is 2.20. The van der Waals surface area contributed by atoms with Gasteiger partial charge < -0.3 is 21.1 Å². The fourth-order valence-corrected chi connectivity index (χ4v) is 2.05. The number of hydrogen-bond acceptors (Lipinski definition) is 6. The largest absolute Gasteiger partial charge is 0.384 e. The number of carbonyl (C=O) groups excluding carboxylic acids is 1. The molecule has 0 radical (unpaired) electrons. The van der Waals surface area contributed by atoms with Crippen molar-refractivity contribution in [3.63, 3.8) is 0 Å². The van der Waals surface area contributed by atoms with E-state index in [9.17, 15) is 4.79 Å². The average Bonchev–Trinajstić information content (AvgIpc) is 3.43. The van der Waals surface area contributed by atoms with Gasteiger partial charge in [-0.05, 0) is 36.8 Å². The Balaban J connectivity index is 0.000000223. The Morgan fingerprint density at radius 1 is 1.41 bits per heavy atom. The first-order chi connectivity index (χ1) is 13.1. The number of ether oxygens (including phenoxy) is 1. The Bertz CT molecular complexity index is 772. The maximum Gasteiger partial charge on any atom is 0.207 e. The standard InChI is InChI=1S/C12H13N5.C7H13NO2/c1-14-12-7-10(17(2)16-12)5-3-9-4-6-11(13)15-8-9;9-6-8-3-4-10-5-7-1-2-7/h4,6-8H,1-2H3,(H2,13,15)(H,14,16);6-7H,1-5H2,(H,8,9). The van der Waals surface area contributed by atoms with Crippen LogP contribution in [0.2, 0.25) is 0 Å². The summed E-state index contributed by atoms with van der Waals surface area (Å²) >= 11 is 0. The van der Waals surface area contributed by atoms with Crippen molar-refractivity contribution in [3.8, 4) is 11.8 Å². The molecule has 2 heterocycles. The molecule has 4 N–H and O–H groups in total. The third-order valence-corrected chi connectivity index (χ3v) is 3.78. The minimum atomic E-state index is 0.494. The van der Waals surface area contributed by atoms with Crippen molar-refractivity contribution in [2.45, 2.75) is 12.8 Å². The summed E-state index contributed by atoms with van der Waals surface area (Å²) in [6.07, 6.45) is 4.99. The maximum atomic E-state index is 9.75. The van der Waals surface area contributed by atoms with E-state index in [2.05, 4.69) is 32.6 Å².